The molecule has 1 atom stereocenters. The summed E-state index contributed by atoms with van der Waals surface area (Å²) in [5, 5.41) is 11.7. The van der Waals surface area contributed by atoms with Crippen LogP contribution in [0, 0.1) is 0 Å². The molecule has 2 aromatic rings. The first-order chi connectivity index (χ1) is 14.7. The van der Waals surface area contributed by atoms with E-state index < -0.39 is 24.1 Å². The summed E-state index contributed by atoms with van der Waals surface area (Å²) in [6, 6.07) is 10.8. The Kier molecular flexibility index (Phi) is 5.63. The Morgan fingerprint density at radius 1 is 1.03 bits per heavy atom. The van der Waals surface area contributed by atoms with E-state index in [0.717, 1.165) is 37.2 Å². The molecule has 4 rings (SSSR count). The minimum absolute atomic E-state index is 0.0265. The highest BCUT2D eigenvalue weighted by Crippen LogP contribution is 2.38. The highest BCUT2D eigenvalue weighted by molar-refractivity contribution is 5.96. The molecule has 31 heavy (non-hydrogen) atoms. The third-order valence-electron chi connectivity index (χ3n) is 5.76. The first-order valence-electron chi connectivity index (χ1n) is 10.0. The first-order valence-corrected chi connectivity index (χ1v) is 10.0. The van der Waals surface area contributed by atoms with Crippen molar-refractivity contribution >= 4 is 11.5 Å². The number of amidine groups is 1. The number of benzene rings is 2. The molecule has 0 spiro atoms. The van der Waals surface area contributed by atoms with Crippen LogP contribution in [-0.2, 0) is 11.9 Å². The van der Waals surface area contributed by atoms with Crippen LogP contribution >= 0.6 is 0 Å². The second kappa shape index (κ2) is 8.11. The van der Waals surface area contributed by atoms with Crippen LogP contribution in [0.15, 0.2) is 48.5 Å². The second-order valence-corrected chi connectivity index (χ2v) is 7.73. The lowest BCUT2D eigenvalue weighted by atomic mass is 10.0. The Balaban J connectivity index is 1.73. The molecule has 1 N–H and O–H groups in total. The van der Waals surface area contributed by atoms with Gasteiger partial charge in [-0.3, -0.25) is 0 Å². The SMILES string of the molecule is O[C@@]1(c2ccc(OC(F)F)cc2)CN(c2cccc(C(F)(F)F)c2)C2=[N+]1CCCCC2. The zero-order chi connectivity index (χ0) is 22.2. The maximum absolute atomic E-state index is 13.2. The van der Waals surface area contributed by atoms with E-state index in [9.17, 15) is 27.1 Å². The number of alkyl halides is 5. The van der Waals surface area contributed by atoms with Gasteiger partial charge in [0.15, 0.2) is 6.54 Å². The van der Waals surface area contributed by atoms with Crippen LogP contribution in [0.5, 0.6) is 5.75 Å². The van der Waals surface area contributed by atoms with Crippen molar-refractivity contribution in [3.63, 3.8) is 0 Å². The summed E-state index contributed by atoms with van der Waals surface area (Å²) in [6.07, 6.45) is -1.23. The Hall–Kier alpha value is -2.68. The largest absolute Gasteiger partial charge is 0.435 e. The molecule has 0 amide bonds. The fourth-order valence-corrected chi connectivity index (χ4v) is 4.31. The maximum Gasteiger partial charge on any atom is 0.416 e. The van der Waals surface area contributed by atoms with Gasteiger partial charge >= 0.3 is 12.8 Å². The van der Waals surface area contributed by atoms with Crippen molar-refractivity contribution in [2.24, 2.45) is 0 Å². The summed E-state index contributed by atoms with van der Waals surface area (Å²) in [7, 11) is 0. The number of β-amino-alcohol motifs (C(OH)–C–C–N with tert-alkyl or cyclic N) is 1. The molecule has 2 aromatic carbocycles. The molecule has 166 valence electrons. The topological polar surface area (TPSA) is 35.7 Å². The molecule has 0 bridgehead atoms. The lowest BCUT2D eigenvalue weighted by molar-refractivity contribution is -0.658. The molecule has 4 nitrogen and oxygen atoms in total. The van der Waals surface area contributed by atoms with Crippen molar-refractivity contribution in [1.29, 1.82) is 0 Å². The number of hydrogen-bond acceptors (Lipinski definition) is 3. The molecule has 0 radical (unpaired) electrons. The zero-order valence-corrected chi connectivity index (χ0v) is 16.6. The van der Waals surface area contributed by atoms with Gasteiger partial charge in [-0.1, -0.05) is 6.07 Å². The molecule has 0 saturated heterocycles. The standard InChI is InChI=1S/C22H22F5N2O2/c23-20(24)31-18-10-8-15(9-11-18)21(30)14-28(19-7-2-1-3-12-29(19)21)17-6-4-5-16(13-17)22(25,26)27/h4-6,8-11,13,20,30H,1-3,7,12,14H2/q+1/t21-/m1/s1. The fourth-order valence-electron chi connectivity index (χ4n) is 4.31. The van der Waals surface area contributed by atoms with Gasteiger partial charge in [-0.2, -0.15) is 22.0 Å². The Morgan fingerprint density at radius 2 is 1.77 bits per heavy atom. The van der Waals surface area contributed by atoms with Crippen LogP contribution in [0.1, 0.15) is 36.8 Å². The second-order valence-electron chi connectivity index (χ2n) is 7.73. The fraction of sp³-hybridized carbons (Fsp3) is 0.409. The van der Waals surface area contributed by atoms with Crippen molar-refractivity contribution in [2.45, 2.75) is 44.2 Å². The number of ether oxygens (including phenoxy) is 1. The predicted octanol–water partition coefficient (Wildman–Crippen LogP) is 4.96. The quantitative estimate of drug-likeness (QED) is 0.538. The van der Waals surface area contributed by atoms with Crippen molar-refractivity contribution in [1.82, 2.24) is 0 Å². The van der Waals surface area contributed by atoms with Crippen LogP contribution in [0.4, 0.5) is 27.6 Å². The summed E-state index contributed by atoms with van der Waals surface area (Å²) in [5.74, 6) is 0.724. The van der Waals surface area contributed by atoms with E-state index in [4.69, 9.17) is 0 Å². The van der Waals surface area contributed by atoms with E-state index >= 15 is 0 Å². The van der Waals surface area contributed by atoms with E-state index in [-0.39, 0.29) is 12.3 Å². The van der Waals surface area contributed by atoms with E-state index in [2.05, 4.69) is 4.74 Å². The Bertz CT molecular complexity index is 975. The Morgan fingerprint density at radius 3 is 2.45 bits per heavy atom. The van der Waals surface area contributed by atoms with Gasteiger partial charge in [-0.15, -0.1) is 0 Å². The smallest absolute Gasteiger partial charge is 0.416 e. The number of halogens is 5. The van der Waals surface area contributed by atoms with Gasteiger partial charge in [0.2, 0.25) is 0 Å². The molecule has 0 fully saturated rings. The molecule has 2 aliphatic rings. The van der Waals surface area contributed by atoms with Crippen molar-refractivity contribution in [3.05, 3.63) is 59.7 Å². The average Bonchev–Trinajstić information content (AvgIpc) is 2.86. The molecule has 0 unspecified atom stereocenters. The summed E-state index contributed by atoms with van der Waals surface area (Å²) in [4.78, 5) is 1.73. The summed E-state index contributed by atoms with van der Waals surface area (Å²) >= 11 is 0. The molecule has 0 saturated carbocycles. The van der Waals surface area contributed by atoms with E-state index in [1.807, 2.05) is 4.58 Å². The van der Waals surface area contributed by atoms with Gasteiger partial charge < -0.3 is 9.84 Å². The van der Waals surface area contributed by atoms with Crippen LogP contribution in [0.3, 0.4) is 0 Å². The number of aliphatic hydroxyl groups is 1. The highest BCUT2D eigenvalue weighted by atomic mass is 19.4. The minimum Gasteiger partial charge on any atom is -0.435 e. The highest BCUT2D eigenvalue weighted by Gasteiger charge is 2.52. The Labute approximate surface area is 176 Å². The lowest BCUT2D eigenvalue weighted by Crippen LogP contribution is -2.41. The molecule has 2 aliphatic heterocycles. The molecular formula is C22H22F5N2O2+. The van der Waals surface area contributed by atoms with Crippen molar-refractivity contribution < 1.29 is 36.4 Å². The van der Waals surface area contributed by atoms with E-state index in [0.29, 0.717) is 24.2 Å². The molecule has 9 heteroatoms. The monoisotopic (exact) mass is 441 g/mol. The predicted molar refractivity (Wildman–Crippen MR) is 104 cm³/mol. The number of hydrogen-bond donors (Lipinski definition) is 1. The average molecular weight is 441 g/mol. The van der Waals surface area contributed by atoms with E-state index in [1.165, 1.54) is 30.3 Å². The van der Waals surface area contributed by atoms with Crippen LogP contribution in [-0.4, -0.2) is 35.2 Å². The first kappa shape index (κ1) is 21.5. The van der Waals surface area contributed by atoms with Gasteiger partial charge in [-0.05, 0) is 61.7 Å². The van der Waals surface area contributed by atoms with Gasteiger partial charge in [0.25, 0.3) is 11.6 Å². The summed E-state index contributed by atoms with van der Waals surface area (Å²) < 4.78 is 70.8. The normalized spacial score (nSPS) is 22.0. The van der Waals surface area contributed by atoms with Crippen molar-refractivity contribution in [3.8, 4) is 5.75 Å². The van der Waals surface area contributed by atoms with Crippen LogP contribution in [0.25, 0.3) is 0 Å². The van der Waals surface area contributed by atoms with Gasteiger partial charge in [0.1, 0.15) is 11.4 Å². The number of anilines is 1. The van der Waals surface area contributed by atoms with Crippen molar-refractivity contribution in [2.75, 3.05) is 18.0 Å². The van der Waals surface area contributed by atoms with Gasteiger partial charge in [0, 0.05) is 12.0 Å². The number of rotatable bonds is 4. The lowest BCUT2D eigenvalue weighted by Gasteiger charge is -2.24. The van der Waals surface area contributed by atoms with Crippen LogP contribution in [0.2, 0.25) is 0 Å². The maximum atomic E-state index is 13.2. The zero-order valence-electron chi connectivity index (χ0n) is 16.6. The summed E-state index contributed by atoms with van der Waals surface area (Å²) in [6.45, 7) is -2.39. The minimum atomic E-state index is -4.47. The molecule has 2 heterocycles. The summed E-state index contributed by atoms with van der Waals surface area (Å²) in [5.41, 5.74) is -1.44. The van der Waals surface area contributed by atoms with E-state index in [1.54, 1.807) is 11.0 Å². The third-order valence-corrected chi connectivity index (χ3v) is 5.76. The molecule has 0 aromatic heterocycles. The van der Waals surface area contributed by atoms with Gasteiger partial charge in [0.05, 0.1) is 12.1 Å². The third kappa shape index (κ3) is 4.23. The van der Waals surface area contributed by atoms with Crippen LogP contribution < -0.4 is 9.64 Å². The van der Waals surface area contributed by atoms with Gasteiger partial charge in [-0.25, -0.2) is 9.48 Å². The molecule has 0 aliphatic carbocycles. The molecular weight excluding hydrogens is 419 g/mol. The number of nitrogens with zero attached hydrogens (tertiary/aromatic N) is 2.